The monoisotopic (exact) mass is 375 g/mol. The molecule has 8 heteroatoms. The first-order valence-corrected chi connectivity index (χ1v) is 8.69. The summed E-state index contributed by atoms with van der Waals surface area (Å²) < 4.78 is 13.0. The minimum absolute atomic E-state index is 0.0284. The second-order valence-electron chi connectivity index (χ2n) is 4.59. The van der Waals surface area contributed by atoms with Gasteiger partial charge in [-0.1, -0.05) is 43.5 Å². The molecule has 0 aliphatic heterocycles. The van der Waals surface area contributed by atoms with Crippen LogP contribution in [0.1, 0.15) is 44.0 Å². The fourth-order valence-electron chi connectivity index (χ4n) is 1.59. The zero-order valence-electron chi connectivity index (χ0n) is 13.9. The quantitative estimate of drug-likeness (QED) is 0.551. The van der Waals surface area contributed by atoms with Crippen LogP contribution < -0.4 is 16.2 Å². The van der Waals surface area contributed by atoms with Crippen LogP contribution in [-0.4, -0.2) is 12.3 Å². The third-order valence-electron chi connectivity index (χ3n) is 2.98. The van der Waals surface area contributed by atoms with Crippen LogP contribution in [0, 0.1) is 11.7 Å². The maximum atomic E-state index is 13.0. The van der Waals surface area contributed by atoms with Crippen molar-refractivity contribution in [1.82, 2.24) is 5.32 Å². The molecule has 134 valence electrons. The second-order valence-corrected chi connectivity index (χ2v) is 5.85. The molecule has 1 fully saturated rings. The molecule has 2 amide bonds. The average molecular weight is 376 g/mol. The number of benzene rings is 1. The van der Waals surface area contributed by atoms with Crippen molar-refractivity contribution in [1.29, 1.82) is 0 Å². The smallest absolute Gasteiger partial charge is 0.262 e. The Labute approximate surface area is 151 Å². The van der Waals surface area contributed by atoms with Crippen LogP contribution in [0.3, 0.4) is 0 Å². The highest BCUT2D eigenvalue weighted by Gasteiger charge is 2.25. The summed E-state index contributed by atoms with van der Waals surface area (Å²) in [5, 5.41) is 7.09. The van der Waals surface area contributed by atoms with Crippen molar-refractivity contribution >= 4 is 35.9 Å². The van der Waals surface area contributed by atoms with Crippen LogP contribution in [0.5, 0.6) is 0 Å². The molecule has 5 N–H and O–H groups in total. The summed E-state index contributed by atoms with van der Waals surface area (Å²) in [7, 11) is 0. The maximum absolute atomic E-state index is 13.0. The fraction of sp³-hybridized carbons (Fsp3) is 0.375. The van der Waals surface area contributed by atoms with E-state index in [0.29, 0.717) is 5.92 Å². The largest absolute Gasteiger partial charge is 0.401 e. The van der Waals surface area contributed by atoms with E-state index in [1.54, 1.807) is 5.32 Å². The molecule has 24 heavy (non-hydrogen) atoms. The summed E-state index contributed by atoms with van der Waals surface area (Å²) in [6, 6.07) is 3.82. The van der Waals surface area contributed by atoms with Crippen LogP contribution in [0.25, 0.3) is 0 Å². The van der Waals surface area contributed by atoms with Gasteiger partial charge in [-0.25, -0.2) is 4.39 Å². The van der Waals surface area contributed by atoms with E-state index in [4.69, 9.17) is 22.5 Å². The van der Waals surface area contributed by atoms with Crippen molar-refractivity contribution in [3.63, 3.8) is 0 Å². The molecule has 0 atom stereocenters. The van der Waals surface area contributed by atoms with Gasteiger partial charge in [-0.2, -0.15) is 0 Å². The van der Waals surface area contributed by atoms with Crippen LogP contribution in [0.2, 0.25) is 5.02 Å². The van der Waals surface area contributed by atoms with Gasteiger partial charge in [-0.3, -0.25) is 20.0 Å². The number of nitrogens with one attached hydrogen (secondary N) is 1. The van der Waals surface area contributed by atoms with Crippen LogP contribution in [-0.2, 0) is 4.79 Å². The molecule has 1 aliphatic rings. The number of carbonyl (C=O) groups is 2. The molecular weight excluding hydrogens is 353 g/mol. The Balaban J connectivity index is 0.000000420. The Bertz CT molecular complexity index is 572. The lowest BCUT2D eigenvalue weighted by molar-refractivity contribution is -0.108. The van der Waals surface area contributed by atoms with Gasteiger partial charge >= 0.3 is 0 Å². The number of hydrogen-bond donors (Lipinski definition) is 3. The number of carbonyl (C=O) groups excluding carboxylic acids is 2. The molecule has 1 saturated carbocycles. The summed E-state index contributed by atoms with van der Waals surface area (Å²) in [5.41, 5.74) is 6.39. The Morgan fingerprint density at radius 3 is 2.42 bits per heavy atom. The zero-order chi connectivity index (χ0) is 18.7. The van der Waals surface area contributed by atoms with Crippen molar-refractivity contribution in [2.45, 2.75) is 33.6 Å². The molecule has 1 aromatic rings. The SMILES string of the molecule is C/C(SN)=C(/N)C1CC1.CC.O=CNC(=O)c1c(F)cccc1Cl. The van der Waals surface area contributed by atoms with Crippen molar-refractivity contribution in [3.05, 3.63) is 45.2 Å². The Morgan fingerprint density at radius 1 is 1.42 bits per heavy atom. The molecule has 0 unspecified atom stereocenters. The van der Waals surface area contributed by atoms with Crippen LogP contribution in [0.15, 0.2) is 28.8 Å². The van der Waals surface area contributed by atoms with Gasteiger partial charge in [0.05, 0.1) is 10.6 Å². The molecule has 0 radical (unpaired) electrons. The molecule has 5 nitrogen and oxygen atoms in total. The van der Waals surface area contributed by atoms with E-state index >= 15 is 0 Å². The lowest BCUT2D eigenvalue weighted by Gasteiger charge is -2.02. The zero-order valence-corrected chi connectivity index (χ0v) is 15.5. The summed E-state index contributed by atoms with van der Waals surface area (Å²) in [5.74, 6) is -0.953. The summed E-state index contributed by atoms with van der Waals surface area (Å²) in [6.45, 7) is 5.97. The maximum Gasteiger partial charge on any atom is 0.262 e. The average Bonchev–Trinajstić information content (AvgIpc) is 3.41. The number of rotatable bonds is 4. The minimum Gasteiger partial charge on any atom is -0.401 e. The highest BCUT2D eigenvalue weighted by molar-refractivity contribution is 8.00. The normalized spacial score (nSPS) is 13.4. The third kappa shape index (κ3) is 7.33. The van der Waals surface area contributed by atoms with E-state index in [0.717, 1.165) is 16.7 Å². The molecule has 0 bridgehead atoms. The Hall–Kier alpha value is -1.57. The van der Waals surface area contributed by atoms with E-state index in [-0.39, 0.29) is 17.0 Å². The lowest BCUT2D eigenvalue weighted by atomic mass is 10.2. The van der Waals surface area contributed by atoms with Gasteiger partial charge in [0.15, 0.2) is 0 Å². The van der Waals surface area contributed by atoms with Crippen LogP contribution in [0.4, 0.5) is 4.39 Å². The molecule has 0 saturated heterocycles. The number of allylic oxidation sites excluding steroid dienone is 2. The standard InChI is InChI=1S/C8H5ClFNO2.C6H12N2S.C2H6/c9-5-2-1-3-6(10)7(5)8(13)11-4-12;1-4(9-8)6(7)5-2-3-5;1-2/h1-4H,(H,11,12,13);5H,2-3,7-8H2,1H3;1-2H3/b;6-4-;. The summed E-state index contributed by atoms with van der Waals surface area (Å²) >= 11 is 6.80. The van der Waals surface area contributed by atoms with Gasteiger partial charge in [0.1, 0.15) is 5.82 Å². The molecule has 1 aromatic carbocycles. The van der Waals surface area contributed by atoms with E-state index in [1.165, 1.54) is 36.9 Å². The van der Waals surface area contributed by atoms with E-state index < -0.39 is 11.7 Å². The number of amides is 2. The molecule has 0 aromatic heterocycles. The summed E-state index contributed by atoms with van der Waals surface area (Å²) in [4.78, 5) is 22.0. The van der Waals surface area contributed by atoms with Gasteiger partial charge in [0, 0.05) is 10.6 Å². The van der Waals surface area contributed by atoms with Gasteiger partial charge in [0.25, 0.3) is 5.91 Å². The second kappa shape index (κ2) is 11.9. The van der Waals surface area contributed by atoms with Crippen molar-refractivity contribution < 1.29 is 14.0 Å². The van der Waals surface area contributed by atoms with Crippen LogP contribution >= 0.6 is 23.5 Å². The van der Waals surface area contributed by atoms with Gasteiger partial charge in [-0.05, 0) is 37.8 Å². The first kappa shape index (κ1) is 22.4. The Kier molecular flexibility index (Phi) is 11.1. The first-order valence-electron chi connectivity index (χ1n) is 7.43. The van der Waals surface area contributed by atoms with Gasteiger partial charge in [0.2, 0.25) is 6.41 Å². The molecule has 1 aliphatic carbocycles. The fourth-order valence-corrected chi connectivity index (χ4v) is 2.14. The van der Waals surface area contributed by atoms with Crippen molar-refractivity contribution in [3.8, 4) is 0 Å². The number of imide groups is 1. The van der Waals surface area contributed by atoms with E-state index in [1.807, 2.05) is 20.8 Å². The molecular formula is C16H23ClFN3O2S. The molecule has 0 heterocycles. The molecule has 2 rings (SSSR count). The number of halogens is 2. The third-order valence-corrected chi connectivity index (χ3v) is 3.88. The minimum atomic E-state index is -0.849. The topological polar surface area (TPSA) is 98.2 Å². The van der Waals surface area contributed by atoms with Crippen molar-refractivity contribution in [2.24, 2.45) is 16.8 Å². The molecule has 0 spiro atoms. The number of hydrogen-bond acceptors (Lipinski definition) is 5. The highest BCUT2D eigenvalue weighted by Crippen LogP contribution is 2.36. The predicted octanol–water partition coefficient (Wildman–Crippen LogP) is 3.59. The van der Waals surface area contributed by atoms with Gasteiger partial charge < -0.3 is 5.73 Å². The van der Waals surface area contributed by atoms with Gasteiger partial charge in [-0.15, -0.1) is 0 Å². The number of nitrogens with two attached hydrogens (primary N) is 2. The van der Waals surface area contributed by atoms with E-state index in [9.17, 15) is 14.0 Å². The highest BCUT2D eigenvalue weighted by atomic mass is 35.5. The van der Waals surface area contributed by atoms with Crippen molar-refractivity contribution in [2.75, 3.05) is 0 Å². The van der Waals surface area contributed by atoms with E-state index in [2.05, 4.69) is 0 Å². The first-order chi connectivity index (χ1) is 11.4. The predicted molar refractivity (Wildman–Crippen MR) is 97.7 cm³/mol. The Morgan fingerprint density at radius 2 is 2.00 bits per heavy atom. The summed E-state index contributed by atoms with van der Waals surface area (Å²) in [6.07, 6.45) is 2.68. The lowest BCUT2D eigenvalue weighted by Crippen LogP contribution is -2.22.